The molecule has 0 bridgehead atoms. The maximum atomic E-state index is 2.30. The zero-order valence-corrected chi connectivity index (χ0v) is 9.93. The molecule has 0 spiro atoms. The van der Waals surface area contributed by atoms with E-state index in [1.54, 1.807) is 0 Å². The average molecular weight is 227 g/mol. The second kappa shape index (κ2) is 3.64. The van der Waals surface area contributed by atoms with Gasteiger partial charge in [-0.15, -0.1) is 0 Å². The molecule has 1 aromatic carbocycles. The Morgan fingerprint density at radius 2 is 1.50 bits per heavy atom. The van der Waals surface area contributed by atoms with Crippen LogP contribution in [0.5, 0.6) is 0 Å². The van der Waals surface area contributed by atoms with Crippen LogP contribution in [0.4, 0.5) is 0 Å². The summed E-state index contributed by atoms with van der Waals surface area (Å²) in [6.45, 7) is 9.03. The number of rotatable bonds is 1. The fourth-order valence-electron chi connectivity index (χ4n) is 0.960. The molecule has 66 valence electrons. The normalized spacial score (nSPS) is 11.7. The summed E-state index contributed by atoms with van der Waals surface area (Å²) in [6.07, 6.45) is 0. The Labute approximate surface area is 81.5 Å². The molecular formula is C11H16Se. The van der Waals surface area contributed by atoms with Crippen molar-refractivity contribution in [2.24, 2.45) is 0 Å². The van der Waals surface area contributed by atoms with Crippen LogP contribution in [0.1, 0.15) is 26.3 Å². The molecule has 0 unspecified atom stereocenters. The molecule has 0 saturated carbocycles. The topological polar surface area (TPSA) is 0 Å². The van der Waals surface area contributed by atoms with E-state index in [0.29, 0.717) is 19.3 Å². The third kappa shape index (κ3) is 3.42. The monoisotopic (exact) mass is 228 g/mol. The first-order valence-electron chi connectivity index (χ1n) is 4.23. The van der Waals surface area contributed by atoms with Gasteiger partial charge in [-0.25, -0.2) is 0 Å². The summed E-state index contributed by atoms with van der Waals surface area (Å²) in [7, 11) is 0. The third-order valence-corrected chi connectivity index (χ3v) is 3.80. The van der Waals surface area contributed by atoms with Crippen LogP contribution in [-0.4, -0.2) is 15.0 Å². The van der Waals surface area contributed by atoms with Crippen molar-refractivity contribution in [1.29, 1.82) is 0 Å². The van der Waals surface area contributed by atoms with Gasteiger partial charge in [0.1, 0.15) is 0 Å². The molecule has 0 aliphatic carbocycles. The van der Waals surface area contributed by atoms with Crippen LogP contribution in [0.25, 0.3) is 0 Å². The Kier molecular flexibility index (Phi) is 2.98. The number of hydrogen-bond donors (Lipinski definition) is 0. The van der Waals surface area contributed by atoms with Gasteiger partial charge in [0.05, 0.1) is 0 Å². The first-order valence-corrected chi connectivity index (χ1v) is 5.94. The van der Waals surface area contributed by atoms with Gasteiger partial charge in [0.2, 0.25) is 0 Å². The van der Waals surface area contributed by atoms with E-state index in [0.717, 1.165) is 0 Å². The average Bonchev–Trinajstić information content (AvgIpc) is 1.91. The molecule has 12 heavy (non-hydrogen) atoms. The molecular weight excluding hydrogens is 211 g/mol. The van der Waals surface area contributed by atoms with E-state index in [9.17, 15) is 0 Å². The van der Waals surface area contributed by atoms with Crippen molar-refractivity contribution < 1.29 is 0 Å². The van der Waals surface area contributed by atoms with Gasteiger partial charge in [0.15, 0.2) is 0 Å². The van der Waals surface area contributed by atoms with Gasteiger partial charge in [-0.1, -0.05) is 0 Å². The summed E-state index contributed by atoms with van der Waals surface area (Å²) in [4.78, 5) is 0. The molecule has 1 heteroatoms. The Bertz CT molecular complexity index is 241. The van der Waals surface area contributed by atoms with Gasteiger partial charge in [0.25, 0.3) is 0 Å². The van der Waals surface area contributed by atoms with Gasteiger partial charge in [0, 0.05) is 0 Å². The summed E-state index contributed by atoms with van der Waals surface area (Å²) in [6, 6.07) is 8.90. The van der Waals surface area contributed by atoms with Crippen molar-refractivity contribution in [2.75, 3.05) is 0 Å². The standard InChI is InChI=1S/C11H16Se/c1-9-5-7-10(8-6-9)12-11(2,3)4/h5-8H,1-4H3. The molecule has 0 aromatic heterocycles. The van der Waals surface area contributed by atoms with E-state index < -0.39 is 0 Å². The zero-order chi connectivity index (χ0) is 9.19. The molecule has 0 aliphatic rings. The Balaban J connectivity index is 2.71. The minimum atomic E-state index is 0.461. The van der Waals surface area contributed by atoms with Crippen LogP contribution in [0.3, 0.4) is 0 Å². The second-order valence-corrected chi connectivity index (χ2v) is 8.01. The van der Waals surface area contributed by atoms with Crippen LogP contribution in [0, 0.1) is 6.92 Å². The number of aryl methyl sites for hydroxylation is 1. The Hall–Kier alpha value is -0.261. The SMILES string of the molecule is Cc1ccc([Se]C(C)(C)C)cc1. The van der Waals surface area contributed by atoms with Crippen molar-refractivity contribution in [3.8, 4) is 0 Å². The van der Waals surface area contributed by atoms with Gasteiger partial charge in [-0.2, -0.15) is 0 Å². The summed E-state index contributed by atoms with van der Waals surface area (Å²) in [5.41, 5.74) is 1.35. The van der Waals surface area contributed by atoms with Crippen molar-refractivity contribution >= 4 is 19.4 Å². The van der Waals surface area contributed by atoms with Gasteiger partial charge < -0.3 is 0 Å². The molecule has 0 fully saturated rings. The van der Waals surface area contributed by atoms with E-state index in [1.807, 2.05) is 0 Å². The summed E-state index contributed by atoms with van der Waals surface area (Å²) in [5.74, 6) is 0. The molecule has 0 aliphatic heterocycles. The van der Waals surface area contributed by atoms with Crippen molar-refractivity contribution in [2.45, 2.75) is 32.0 Å². The third-order valence-electron chi connectivity index (χ3n) is 1.45. The Morgan fingerprint density at radius 1 is 1.00 bits per heavy atom. The second-order valence-electron chi connectivity index (χ2n) is 4.03. The fraction of sp³-hybridized carbons (Fsp3) is 0.455. The van der Waals surface area contributed by atoms with Crippen molar-refractivity contribution in [1.82, 2.24) is 0 Å². The van der Waals surface area contributed by atoms with Gasteiger partial charge in [-0.3, -0.25) is 0 Å². The van der Waals surface area contributed by atoms with E-state index in [4.69, 9.17) is 0 Å². The first kappa shape index (κ1) is 9.82. The summed E-state index contributed by atoms with van der Waals surface area (Å²) in [5, 5.41) is 0. The fourth-order valence-corrected chi connectivity index (χ4v) is 3.01. The van der Waals surface area contributed by atoms with E-state index in [2.05, 4.69) is 52.0 Å². The van der Waals surface area contributed by atoms with Crippen LogP contribution < -0.4 is 4.46 Å². The van der Waals surface area contributed by atoms with Crippen LogP contribution in [0.2, 0.25) is 4.31 Å². The van der Waals surface area contributed by atoms with Crippen molar-refractivity contribution in [3.05, 3.63) is 29.8 Å². The summed E-state index contributed by atoms with van der Waals surface area (Å²) < 4.78 is 1.96. The van der Waals surface area contributed by atoms with Gasteiger partial charge >= 0.3 is 81.3 Å². The molecule has 0 atom stereocenters. The van der Waals surface area contributed by atoms with Crippen molar-refractivity contribution in [3.63, 3.8) is 0 Å². The molecule has 0 amide bonds. The molecule has 1 aromatic rings. The number of hydrogen-bond acceptors (Lipinski definition) is 0. The van der Waals surface area contributed by atoms with Crippen LogP contribution >= 0.6 is 0 Å². The predicted molar refractivity (Wildman–Crippen MR) is 56.3 cm³/mol. The molecule has 1 rings (SSSR count). The molecule has 0 radical (unpaired) electrons. The molecule has 0 heterocycles. The zero-order valence-electron chi connectivity index (χ0n) is 8.22. The van der Waals surface area contributed by atoms with Gasteiger partial charge in [-0.05, 0) is 0 Å². The minimum absolute atomic E-state index is 0.461. The van der Waals surface area contributed by atoms with E-state index in [-0.39, 0.29) is 0 Å². The van der Waals surface area contributed by atoms with Crippen LogP contribution in [-0.2, 0) is 0 Å². The van der Waals surface area contributed by atoms with E-state index in [1.165, 1.54) is 10.0 Å². The number of benzene rings is 1. The molecule has 0 saturated heterocycles. The molecule has 0 N–H and O–H groups in total. The maximum absolute atomic E-state index is 2.30. The Morgan fingerprint density at radius 3 is 1.92 bits per heavy atom. The van der Waals surface area contributed by atoms with Crippen LogP contribution in [0.15, 0.2) is 24.3 Å². The summed E-state index contributed by atoms with van der Waals surface area (Å²) >= 11 is 0.598. The predicted octanol–water partition coefficient (Wildman–Crippen LogP) is 2.54. The molecule has 0 nitrogen and oxygen atoms in total. The quantitative estimate of drug-likeness (QED) is 0.647. The van der Waals surface area contributed by atoms with E-state index >= 15 is 0 Å². The first-order chi connectivity index (χ1) is 5.47.